The third-order valence-corrected chi connectivity index (χ3v) is 9.89. The summed E-state index contributed by atoms with van der Waals surface area (Å²) in [6.07, 6.45) is 0. The van der Waals surface area contributed by atoms with Gasteiger partial charge in [-0.2, -0.15) is 0 Å². The third kappa shape index (κ3) is 4.83. The molecule has 1 aromatic heterocycles. The highest BCUT2D eigenvalue weighted by molar-refractivity contribution is 8.00. The number of carbonyl (C=O) groups is 3. The summed E-state index contributed by atoms with van der Waals surface area (Å²) in [5, 5.41) is 2.74. The van der Waals surface area contributed by atoms with Crippen LogP contribution in [0.15, 0.2) is 82.6 Å². The van der Waals surface area contributed by atoms with E-state index in [1.807, 2.05) is 12.1 Å². The number of nitrogens with zero attached hydrogens (tertiary/aromatic N) is 2. The van der Waals surface area contributed by atoms with Crippen molar-refractivity contribution in [2.75, 3.05) is 17.3 Å². The van der Waals surface area contributed by atoms with E-state index in [-0.39, 0.29) is 6.54 Å². The van der Waals surface area contributed by atoms with Crippen LogP contribution in [0.2, 0.25) is 5.02 Å². The lowest BCUT2D eigenvalue weighted by Crippen LogP contribution is -2.33. The van der Waals surface area contributed by atoms with Gasteiger partial charge in [-0.05, 0) is 54.6 Å². The fourth-order valence-electron chi connectivity index (χ4n) is 5.24. The number of thiazole rings is 1. The molecule has 3 amide bonds. The maximum atomic E-state index is 14.0. The van der Waals surface area contributed by atoms with E-state index in [0.29, 0.717) is 37.6 Å². The molecule has 3 aromatic carbocycles. The Morgan fingerprint density at radius 2 is 1.71 bits per heavy atom. The number of carbonyl (C=O) groups excluding carboxylic acids is 3. The van der Waals surface area contributed by atoms with Gasteiger partial charge in [0, 0.05) is 27.1 Å². The Morgan fingerprint density at radius 3 is 2.41 bits per heavy atom. The molecule has 1 N–H and O–H groups in total. The van der Waals surface area contributed by atoms with Crippen molar-refractivity contribution >= 4 is 63.8 Å². The maximum absolute atomic E-state index is 14.0. The Balaban J connectivity index is 1.43. The molecule has 3 heterocycles. The Morgan fingerprint density at radius 1 is 1.00 bits per heavy atom. The number of imide groups is 1. The summed E-state index contributed by atoms with van der Waals surface area (Å²) >= 11 is 8.10. The molecule has 4 aromatic rings. The number of aromatic nitrogens is 1. The number of nitrogens with one attached hydrogen (secondary N) is 1. The minimum Gasteiger partial charge on any atom is -0.496 e. The fourth-order valence-corrected chi connectivity index (χ4v) is 8.13. The van der Waals surface area contributed by atoms with Crippen LogP contribution in [0.4, 0.5) is 15.8 Å². The van der Waals surface area contributed by atoms with Crippen LogP contribution in [-0.4, -0.2) is 34.6 Å². The van der Waals surface area contributed by atoms with E-state index in [4.69, 9.17) is 16.3 Å². The molecule has 12 heteroatoms. The van der Waals surface area contributed by atoms with Crippen LogP contribution in [0, 0.1) is 11.7 Å². The molecule has 8 nitrogen and oxygen atoms in total. The van der Waals surface area contributed by atoms with Crippen LogP contribution in [0.3, 0.4) is 0 Å². The number of methoxy groups -OCH3 is 1. The van der Waals surface area contributed by atoms with E-state index >= 15 is 0 Å². The van der Waals surface area contributed by atoms with E-state index in [9.17, 15) is 23.6 Å². The van der Waals surface area contributed by atoms with E-state index in [2.05, 4.69) is 5.32 Å². The van der Waals surface area contributed by atoms with Crippen molar-refractivity contribution in [2.24, 2.45) is 5.92 Å². The van der Waals surface area contributed by atoms with Gasteiger partial charge in [-0.1, -0.05) is 52.9 Å². The predicted octanol–water partition coefficient (Wildman–Crippen LogP) is 5.15. The van der Waals surface area contributed by atoms with Gasteiger partial charge in [0.1, 0.15) is 23.4 Å². The highest BCUT2D eigenvalue weighted by Crippen LogP contribution is 2.55. The minimum atomic E-state index is -0.846. The number of halogens is 2. The molecule has 0 aliphatic carbocycles. The second kappa shape index (κ2) is 10.8. The number of fused-ring (bicyclic) bond motifs is 2. The third-order valence-electron chi connectivity index (χ3n) is 7.04. The quantitative estimate of drug-likeness (QED) is 0.304. The van der Waals surface area contributed by atoms with Crippen molar-refractivity contribution in [3.8, 4) is 5.75 Å². The fraction of sp³-hybridized carbons (Fsp3) is 0.172. The monoisotopic (exact) mass is 609 g/mol. The summed E-state index contributed by atoms with van der Waals surface area (Å²) in [5.74, 6) is -2.71. The van der Waals surface area contributed by atoms with Gasteiger partial charge in [-0.15, -0.1) is 0 Å². The van der Waals surface area contributed by atoms with Gasteiger partial charge in [-0.3, -0.25) is 23.7 Å². The first-order chi connectivity index (χ1) is 19.8. The number of para-hydroxylation sites is 1. The van der Waals surface area contributed by atoms with Crippen molar-refractivity contribution in [1.82, 2.24) is 4.57 Å². The van der Waals surface area contributed by atoms with Gasteiger partial charge in [0.05, 0.1) is 23.7 Å². The van der Waals surface area contributed by atoms with E-state index in [1.54, 1.807) is 36.4 Å². The molecule has 41 heavy (non-hydrogen) atoms. The molecule has 0 radical (unpaired) electrons. The summed E-state index contributed by atoms with van der Waals surface area (Å²) in [6, 6.07) is 18.9. The lowest BCUT2D eigenvalue weighted by atomic mass is 9.82. The molecule has 2 unspecified atom stereocenters. The number of thioether (sulfide) groups is 1. The van der Waals surface area contributed by atoms with Crippen molar-refractivity contribution < 1.29 is 23.5 Å². The first-order valence-electron chi connectivity index (χ1n) is 12.5. The zero-order chi connectivity index (χ0) is 28.8. The lowest BCUT2D eigenvalue weighted by Gasteiger charge is -2.31. The molecule has 2 aliphatic rings. The number of rotatable bonds is 6. The number of anilines is 2. The predicted molar refractivity (Wildman–Crippen MR) is 156 cm³/mol. The van der Waals surface area contributed by atoms with E-state index < -0.39 is 45.5 Å². The molecule has 0 bridgehead atoms. The minimum absolute atomic E-state index is 0.325. The van der Waals surface area contributed by atoms with Crippen molar-refractivity contribution in [3.63, 3.8) is 0 Å². The van der Waals surface area contributed by atoms with Crippen LogP contribution in [0.25, 0.3) is 0 Å². The van der Waals surface area contributed by atoms with Crippen molar-refractivity contribution in [2.45, 2.75) is 22.7 Å². The second-order valence-electron chi connectivity index (χ2n) is 9.45. The maximum Gasteiger partial charge on any atom is 0.308 e. The van der Waals surface area contributed by atoms with Crippen molar-refractivity contribution in [3.05, 3.63) is 104 Å². The molecule has 1 saturated heterocycles. The lowest BCUT2D eigenvalue weighted by molar-refractivity contribution is -0.122. The molecule has 0 saturated carbocycles. The van der Waals surface area contributed by atoms with Gasteiger partial charge in [0.15, 0.2) is 0 Å². The smallest absolute Gasteiger partial charge is 0.308 e. The van der Waals surface area contributed by atoms with Gasteiger partial charge < -0.3 is 10.1 Å². The molecule has 208 valence electrons. The number of amides is 3. The van der Waals surface area contributed by atoms with Gasteiger partial charge in [-0.25, -0.2) is 9.29 Å². The summed E-state index contributed by atoms with van der Waals surface area (Å²) < 4.78 is 20.2. The number of ether oxygens (including phenoxy) is 1. The summed E-state index contributed by atoms with van der Waals surface area (Å²) in [5.41, 5.74) is 1.44. The van der Waals surface area contributed by atoms with Crippen LogP contribution in [0.1, 0.15) is 16.4 Å². The van der Waals surface area contributed by atoms with Crippen LogP contribution in [0.5, 0.6) is 5.75 Å². The highest BCUT2D eigenvalue weighted by Gasteiger charge is 2.57. The first-order valence-corrected chi connectivity index (χ1v) is 14.6. The normalized spacial score (nSPS) is 19.6. The van der Waals surface area contributed by atoms with Gasteiger partial charge in [0.25, 0.3) is 0 Å². The van der Waals surface area contributed by atoms with Crippen LogP contribution < -0.4 is 19.8 Å². The number of hydrogen-bond donors (Lipinski definition) is 1. The van der Waals surface area contributed by atoms with Gasteiger partial charge in [0.2, 0.25) is 17.7 Å². The molecule has 3 atom stereocenters. The second-order valence-corrected chi connectivity index (χ2v) is 12.0. The zero-order valence-corrected chi connectivity index (χ0v) is 23.8. The van der Waals surface area contributed by atoms with E-state index in [0.717, 1.165) is 23.1 Å². The Bertz CT molecular complexity index is 1740. The Kier molecular flexibility index (Phi) is 7.18. The van der Waals surface area contributed by atoms with Crippen molar-refractivity contribution in [1.29, 1.82) is 0 Å². The van der Waals surface area contributed by atoms with E-state index in [1.165, 1.54) is 40.8 Å². The Labute approximate surface area is 246 Å². The number of benzene rings is 3. The standard InChI is InChI=1S/C29H21ClFN3O5S2/c1-39-20-5-3-2-4-19(20)22-23-24(27(37)34(26(23)36)18-12-6-15(30)7-13-18)40-28-25(22)41-29(38)33(28)14-21(35)32-17-10-8-16(31)9-11-17/h2-13,22-24H,14H2,1H3,(H,32,35)/t22-,23?,24?/m1/s1. The van der Waals surface area contributed by atoms with Gasteiger partial charge >= 0.3 is 4.87 Å². The molecule has 1 fully saturated rings. The summed E-state index contributed by atoms with van der Waals surface area (Å²) in [7, 11) is 1.52. The number of hydrogen-bond acceptors (Lipinski definition) is 7. The first kappa shape index (κ1) is 27.3. The van der Waals surface area contributed by atoms with Crippen LogP contribution in [-0.2, 0) is 20.9 Å². The highest BCUT2D eigenvalue weighted by atomic mass is 35.5. The summed E-state index contributed by atoms with van der Waals surface area (Å²) in [4.78, 5) is 55.4. The van der Waals surface area contributed by atoms with Crippen LogP contribution >= 0.6 is 34.7 Å². The molecule has 2 aliphatic heterocycles. The molecular formula is C29H21ClFN3O5S2. The molecule has 6 rings (SSSR count). The average molecular weight is 610 g/mol. The Hall–Kier alpha value is -3.93. The average Bonchev–Trinajstić information content (AvgIpc) is 3.41. The SMILES string of the molecule is COc1ccccc1[C@H]1c2sc(=O)n(CC(=O)Nc3ccc(F)cc3)c2SC2C(=O)N(c3ccc(Cl)cc3)C(=O)C21. The topological polar surface area (TPSA) is 97.7 Å². The molecule has 0 spiro atoms. The molecular weight excluding hydrogens is 589 g/mol. The summed E-state index contributed by atoms with van der Waals surface area (Å²) in [6.45, 7) is -0.325. The largest absolute Gasteiger partial charge is 0.496 e. The zero-order valence-electron chi connectivity index (χ0n) is 21.4.